The summed E-state index contributed by atoms with van der Waals surface area (Å²) in [5.41, 5.74) is 1.80. The van der Waals surface area contributed by atoms with Crippen molar-refractivity contribution in [3.63, 3.8) is 0 Å². The number of benzene rings is 3. The lowest BCUT2D eigenvalue weighted by Gasteiger charge is -2.29. The maximum absolute atomic E-state index is 13.6. The summed E-state index contributed by atoms with van der Waals surface area (Å²) in [6.45, 7) is 0. The number of anilines is 2. The van der Waals surface area contributed by atoms with Crippen molar-refractivity contribution in [2.24, 2.45) is 5.92 Å². The molecule has 3 aromatic carbocycles. The summed E-state index contributed by atoms with van der Waals surface area (Å²) in [6.07, 6.45) is -0.981. The lowest BCUT2D eigenvalue weighted by atomic mass is 9.90. The molecule has 162 valence electrons. The van der Waals surface area contributed by atoms with Crippen LogP contribution in [0.3, 0.4) is 0 Å². The minimum Gasteiger partial charge on any atom is -0.497 e. The normalized spacial score (nSPS) is 22.4. The number of methoxy groups -OCH3 is 1. The summed E-state index contributed by atoms with van der Waals surface area (Å²) in [5.74, 6) is -1.03. The number of hydrogen-bond donors (Lipinski definition) is 0. The molecule has 0 aliphatic carbocycles. The SMILES string of the molecule is COc1cccc(N2C(=O)[C@H]3[C@@H](ON(c4ccccc4)[C@H]3c3ccc(Cl)cc3Cl)C2=O)c1. The van der Waals surface area contributed by atoms with Gasteiger partial charge >= 0.3 is 0 Å². The molecular weight excluding hydrogens is 451 g/mol. The van der Waals surface area contributed by atoms with Gasteiger partial charge in [0.25, 0.3) is 5.91 Å². The van der Waals surface area contributed by atoms with E-state index in [0.29, 0.717) is 32.7 Å². The molecule has 6 nitrogen and oxygen atoms in total. The van der Waals surface area contributed by atoms with Crippen molar-refractivity contribution in [2.75, 3.05) is 17.1 Å². The third kappa shape index (κ3) is 3.32. The first-order chi connectivity index (χ1) is 15.5. The Balaban J connectivity index is 1.60. The van der Waals surface area contributed by atoms with Gasteiger partial charge in [0.2, 0.25) is 5.91 Å². The number of para-hydroxylation sites is 1. The number of carbonyl (C=O) groups is 2. The zero-order valence-electron chi connectivity index (χ0n) is 16.9. The van der Waals surface area contributed by atoms with Crippen molar-refractivity contribution in [3.8, 4) is 5.75 Å². The Morgan fingerprint density at radius 1 is 0.875 bits per heavy atom. The smallest absolute Gasteiger partial charge is 0.266 e. The minimum absolute atomic E-state index is 0.359. The first kappa shape index (κ1) is 20.8. The van der Waals surface area contributed by atoms with Crippen LogP contribution in [0.15, 0.2) is 72.8 Å². The number of hydrogen-bond acceptors (Lipinski definition) is 5. The molecule has 0 spiro atoms. The number of rotatable bonds is 4. The van der Waals surface area contributed by atoms with Gasteiger partial charge in [-0.2, -0.15) is 0 Å². The molecule has 2 fully saturated rings. The van der Waals surface area contributed by atoms with E-state index in [1.54, 1.807) is 47.5 Å². The minimum atomic E-state index is -0.981. The van der Waals surface area contributed by atoms with Crippen molar-refractivity contribution in [1.29, 1.82) is 0 Å². The molecule has 5 rings (SSSR count). The number of halogens is 2. The van der Waals surface area contributed by atoms with Crippen LogP contribution in [-0.4, -0.2) is 25.0 Å². The van der Waals surface area contributed by atoms with Gasteiger partial charge in [0, 0.05) is 16.1 Å². The van der Waals surface area contributed by atoms with E-state index in [-0.39, 0.29) is 5.91 Å². The lowest BCUT2D eigenvalue weighted by molar-refractivity contribution is -0.126. The number of imide groups is 1. The lowest BCUT2D eigenvalue weighted by Crippen LogP contribution is -2.37. The first-order valence-electron chi connectivity index (χ1n) is 9.97. The van der Waals surface area contributed by atoms with Gasteiger partial charge in [-0.3, -0.25) is 14.4 Å². The first-order valence-corrected chi connectivity index (χ1v) is 10.7. The van der Waals surface area contributed by atoms with Gasteiger partial charge < -0.3 is 4.74 Å². The molecular formula is C24H18Cl2N2O4. The van der Waals surface area contributed by atoms with Crippen LogP contribution in [0.4, 0.5) is 11.4 Å². The Labute approximate surface area is 194 Å². The summed E-state index contributed by atoms with van der Waals surface area (Å²) in [6, 6.07) is 20.6. The predicted molar refractivity (Wildman–Crippen MR) is 122 cm³/mol. The maximum atomic E-state index is 13.6. The predicted octanol–water partition coefficient (Wildman–Crippen LogP) is 5.05. The van der Waals surface area contributed by atoms with Gasteiger partial charge in [-0.25, -0.2) is 9.96 Å². The summed E-state index contributed by atoms with van der Waals surface area (Å²) < 4.78 is 5.25. The van der Waals surface area contributed by atoms with Crippen molar-refractivity contribution < 1.29 is 19.2 Å². The summed E-state index contributed by atoms with van der Waals surface area (Å²) in [5, 5.41) is 2.48. The van der Waals surface area contributed by atoms with Crippen LogP contribution < -0.4 is 14.7 Å². The number of hydroxylamine groups is 1. The zero-order valence-corrected chi connectivity index (χ0v) is 18.5. The Morgan fingerprint density at radius 2 is 1.62 bits per heavy atom. The molecule has 2 heterocycles. The quantitative estimate of drug-likeness (QED) is 0.501. The van der Waals surface area contributed by atoms with Gasteiger partial charge in [-0.15, -0.1) is 0 Å². The average molecular weight is 469 g/mol. The molecule has 8 heteroatoms. The highest BCUT2D eigenvalue weighted by Crippen LogP contribution is 2.49. The molecule has 0 N–H and O–H groups in total. The van der Waals surface area contributed by atoms with Gasteiger partial charge in [0.15, 0.2) is 6.10 Å². The largest absolute Gasteiger partial charge is 0.497 e. The molecule has 32 heavy (non-hydrogen) atoms. The monoisotopic (exact) mass is 468 g/mol. The third-order valence-corrected chi connectivity index (χ3v) is 6.28. The van der Waals surface area contributed by atoms with Crippen LogP contribution in [0.1, 0.15) is 11.6 Å². The van der Waals surface area contributed by atoms with Crippen molar-refractivity contribution >= 4 is 46.4 Å². The number of fused-ring (bicyclic) bond motifs is 1. The van der Waals surface area contributed by atoms with E-state index in [0.717, 1.165) is 4.90 Å². The van der Waals surface area contributed by atoms with E-state index in [2.05, 4.69) is 0 Å². The van der Waals surface area contributed by atoms with Gasteiger partial charge in [-0.1, -0.05) is 53.5 Å². The Hall–Kier alpha value is -3.06. The Kier molecular flexibility index (Phi) is 5.29. The van der Waals surface area contributed by atoms with E-state index < -0.39 is 24.0 Å². The van der Waals surface area contributed by atoms with E-state index in [9.17, 15) is 9.59 Å². The van der Waals surface area contributed by atoms with Gasteiger partial charge in [-0.05, 0) is 42.0 Å². The number of ether oxygens (including phenoxy) is 1. The molecule has 2 aliphatic rings. The molecule has 2 saturated heterocycles. The van der Waals surface area contributed by atoms with Gasteiger partial charge in [0.1, 0.15) is 11.7 Å². The van der Waals surface area contributed by atoms with Crippen LogP contribution in [-0.2, 0) is 14.4 Å². The number of carbonyl (C=O) groups excluding carboxylic acids is 2. The van der Waals surface area contributed by atoms with Crippen LogP contribution in [0, 0.1) is 5.92 Å². The van der Waals surface area contributed by atoms with Crippen LogP contribution in [0.25, 0.3) is 0 Å². The van der Waals surface area contributed by atoms with Gasteiger partial charge in [0.05, 0.1) is 24.5 Å². The molecule has 0 radical (unpaired) electrons. The second-order valence-corrected chi connectivity index (χ2v) is 8.38. The molecule has 0 aromatic heterocycles. The van der Waals surface area contributed by atoms with E-state index in [4.69, 9.17) is 32.8 Å². The number of amides is 2. The Bertz CT molecular complexity index is 1200. The van der Waals surface area contributed by atoms with Crippen molar-refractivity contribution in [1.82, 2.24) is 0 Å². The zero-order chi connectivity index (χ0) is 22.4. The highest BCUT2D eigenvalue weighted by Gasteiger charge is 2.60. The van der Waals surface area contributed by atoms with E-state index in [1.165, 1.54) is 7.11 Å². The Morgan fingerprint density at radius 3 is 2.34 bits per heavy atom. The molecule has 3 aromatic rings. The van der Waals surface area contributed by atoms with Crippen molar-refractivity contribution in [3.05, 3.63) is 88.4 Å². The molecule has 0 bridgehead atoms. The average Bonchev–Trinajstić information content (AvgIpc) is 3.30. The fourth-order valence-corrected chi connectivity index (χ4v) is 4.79. The topological polar surface area (TPSA) is 59.1 Å². The maximum Gasteiger partial charge on any atom is 0.266 e. The highest BCUT2D eigenvalue weighted by molar-refractivity contribution is 6.35. The van der Waals surface area contributed by atoms with Crippen LogP contribution >= 0.6 is 23.2 Å². The second kappa shape index (κ2) is 8.13. The van der Waals surface area contributed by atoms with E-state index in [1.807, 2.05) is 30.3 Å². The van der Waals surface area contributed by atoms with Crippen molar-refractivity contribution in [2.45, 2.75) is 12.1 Å². The highest BCUT2D eigenvalue weighted by atomic mass is 35.5. The summed E-state index contributed by atoms with van der Waals surface area (Å²) >= 11 is 12.6. The van der Waals surface area contributed by atoms with Crippen LogP contribution in [0.5, 0.6) is 5.75 Å². The third-order valence-electron chi connectivity index (χ3n) is 5.72. The fourth-order valence-electron chi connectivity index (χ4n) is 4.27. The second-order valence-electron chi connectivity index (χ2n) is 7.54. The summed E-state index contributed by atoms with van der Waals surface area (Å²) in [7, 11) is 1.53. The molecule has 2 amide bonds. The number of nitrogens with zero attached hydrogens (tertiary/aromatic N) is 2. The fraction of sp³-hybridized carbons (Fsp3) is 0.167. The van der Waals surface area contributed by atoms with Crippen LogP contribution in [0.2, 0.25) is 10.0 Å². The molecule has 3 atom stereocenters. The molecule has 0 saturated carbocycles. The van der Waals surface area contributed by atoms with E-state index >= 15 is 0 Å². The summed E-state index contributed by atoms with van der Waals surface area (Å²) in [4.78, 5) is 34.3. The standard InChI is InChI=1S/C24H18Cl2N2O4/c1-31-17-9-5-8-16(13-17)27-23(29)20-21(18-11-10-14(25)12-19(18)26)28(32-22(20)24(27)30)15-6-3-2-4-7-15/h2-13,20-22H,1H3/t20-,21+,22-/m1/s1. The molecule has 2 aliphatic heterocycles. The molecule has 0 unspecified atom stereocenters.